The van der Waals surface area contributed by atoms with E-state index in [2.05, 4.69) is 17.4 Å². The first-order valence-corrected chi connectivity index (χ1v) is 7.70. The lowest BCUT2D eigenvalue weighted by atomic mass is 9.80. The van der Waals surface area contributed by atoms with E-state index in [0.717, 1.165) is 18.3 Å². The molecule has 1 aliphatic carbocycles. The number of carbonyl (C=O) groups is 1. The average molecular weight is 283 g/mol. The van der Waals surface area contributed by atoms with Crippen molar-refractivity contribution >= 4 is 11.7 Å². The number of nitrogens with zero attached hydrogens (tertiary/aromatic N) is 1. The quantitative estimate of drug-likeness (QED) is 0.303. The van der Waals surface area contributed by atoms with Crippen LogP contribution in [0.3, 0.4) is 0 Å². The minimum atomic E-state index is -0.922. The van der Waals surface area contributed by atoms with Gasteiger partial charge in [-0.2, -0.15) is 0 Å². The van der Waals surface area contributed by atoms with Crippen LogP contribution in [-0.2, 0) is 4.79 Å². The van der Waals surface area contributed by atoms with Crippen molar-refractivity contribution < 1.29 is 10.0 Å². The SMILES string of the molecule is CCC(C)(C(=O)NCCC1CCCC(C)C1)C(N)=NO. The van der Waals surface area contributed by atoms with Crippen LogP contribution in [-0.4, -0.2) is 23.5 Å². The summed E-state index contributed by atoms with van der Waals surface area (Å²) in [5.41, 5.74) is 4.71. The van der Waals surface area contributed by atoms with E-state index in [1.165, 1.54) is 25.7 Å². The predicted molar refractivity (Wildman–Crippen MR) is 80.6 cm³/mol. The van der Waals surface area contributed by atoms with Gasteiger partial charge in [0.25, 0.3) is 0 Å². The number of carbonyl (C=O) groups excluding carboxylic acids is 1. The Kier molecular flexibility index (Phi) is 6.30. The number of amidine groups is 1. The molecule has 0 saturated heterocycles. The van der Waals surface area contributed by atoms with Gasteiger partial charge >= 0.3 is 0 Å². The highest BCUT2D eigenvalue weighted by molar-refractivity contribution is 6.06. The molecule has 1 rings (SSSR count). The first kappa shape index (κ1) is 16.8. The van der Waals surface area contributed by atoms with Gasteiger partial charge in [-0.05, 0) is 38.0 Å². The topological polar surface area (TPSA) is 87.7 Å². The summed E-state index contributed by atoms with van der Waals surface area (Å²) in [6.45, 7) is 6.54. The maximum atomic E-state index is 12.2. The largest absolute Gasteiger partial charge is 0.409 e. The standard InChI is InChI=1S/C15H29N3O2/c1-4-15(3,13(16)18-20)14(19)17-9-8-12-7-5-6-11(2)10-12/h11-12,20H,4-10H2,1-3H3,(H2,16,18)(H,17,19). The van der Waals surface area contributed by atoms with Gasteiger partial charge in [0, 0.05) is 6.54 Å². The molecule has 5 nitrogen and oxygen atoms in total. The summed E-state index contributed by atoms with van der Waals surface area (Å²) in [5.74, 6) is 1.35. The highest BCUT2D eigenvalue weighted by atomic mass is 16.4. The molecule has 0 radical (unpaired) electrons. The number of amides is 1. The van der Waals surface area contributed by atoms with E-state index in [9.17, 15) is 4.79 Å². The monoisotopic (exact) mass is 283 g/mol. The molecule has 0 heterocycles. The molecular formula is C15H29N3O2. The molecule has 0 aliphatic heterocycles. The summed E-state index contributed by atoms with van der Waals surface area (Å²) < 4.78 is 0. The lowest BCUT2D eigenvalue weighted by molar-refractivity contribution is -0.127. The molecular weight excluding hydrogens is 254 g/mol. The molecule has 0 bridgehead atoms. The van der Waals surface area contributed by atoms with Crippen LogP contribution >= 0.6 is 0 Å². The number of hydrogen-bond donors (Lipinski definition) is 3. The normalized spacial score (nSPS) is 26.9. The van der Waals surface area contributed by atoms with Crippen molar-refractivity contribution in [2.45, 2.75) is 59.3 Å². The predicted octanol–water partition coefficient (Wildman–Crippen LogP) is 2.48. The van der Waals surface area contributed by atoms with Gasteiger partial charge in [0.2, 0.25) is 5.91 Å². The molecule has 0 aromatic carbocycles. The third-order valence-corrected chi connectivity index (χ3v) is 4.76. The van der Waals surface area contributed by atoms with Crippen molar-refractivity contribution in [1.82, 2.24) is 5.32 Å². The van der Waals surface area contributed by atoms with Gasteiger partial charge in [-0.25, -0.2) is 0 Å². The fourth-order valence-corrected chi connectivity index (χ4v) is 2.98. The minimum absolute atomic E-state index is 0.0243. The number of hydrogen-bond acceptors (Lipinski definition) is 3. The molecule has 4 N–H and O–H groups in total. The molecule has 1 amide bonds. The van der Waals surface area contributed by atoms with E-state index in [1.54, 1.807) is 6.92 Å². The van der Waals surface area contributed by atoms with Crippen molar-refractivity contribution in [3.8, 4) is 0 Å². The van der Waals surface area contributed by atoms with Crippen molar-refractivity contribution in [3.05, 3.63) is 0 Å². The van der Waals surface area contributed by atoms with Crippen LogP contribution in [0.2, 0.25) is 0 Å². The summed E-state index contributed by atoms with van der Waals surface area (Å²) >= 11 is 0. The summed E-state index contributed by atoms with van der Waals surface area (Å²) in [4.78, 5) is 12.2. The molecule has 0 spiro atoms. The minimum Gasteiger partial charge on any atom is -0.409 e. The van der Waals surface area contributed by atoms with Gasteiger partial charge in [0.1, 0.15) is 5.41 Å². The Labute approximate surface area is 122 Å². The zero-order valence-corrected chi connectivity index (χ0v) is 13.0. The molecule has 116 valence electrons. The maximum absolute atomic E-state index is 12.2. The number of rotatable bonds is 6. The first-order chi connectivity index (χ1) is 9.43. The van der Waals surface area contributed by atoms with Gasteiger partial charge in [-0.3, -0.25) is 4.79 Å². The van der Waals surface area contributed by atoms with E-state index in [-0.39, 0.29) is 11.7 Å². The molecule has 1 aliphatic rings. The molecule has 20 heavy (non-hydrogen) atoms. The third-order valence-electron chi connectivity index (χ3n) is 4.76. The van der Waals surface area contributed by atoms with Crippen LogP contribution in [0.5, 0.6) is 0 Å². The highest BCUT2D eigenvalue weighted by Crippen LogP contribution is 2.30. The Morgan fingerprint density at radius 2 is 2.20 bits per heavy atom. The van der Waals surface area contributed by atoms with Gasteiger partial charge < -0.3 is 16.3 Å². The third kappa shape index (κ3) is 4.12. The molecule has 3 unspecified atom stereocenters. The Morgan fingerprint density at radius 3 is 2.75 bits per heavy atom. The fraction of sp³-hybridized carbons (Fsp3) is 0.867. The molecule has 1 fully saturated rings. The van der Waals surface area contributed by atoms with E-state index in [1.807, 2.05) is 6.92 Å². The van der Waals surface area contributed by atoms with Crippen molar-refractivity contribution in [2.75, 3.05) is 6.54 Å². The van der Waals surface area contributed by atoms with Crippen LogP contribution in [0, 0.1) is 17.3 Å². The molecule has 0 aromatic heterocycles. The molecule has 0 aromatic rings. The van der Waals surface area contributed by atoms with Crippen LogP contribution in [0.4, 0.5) is 0 Å². The van der Waals surface area contributed by atoms with E-state index >= 15 is 0 Å². The summed E-state index contributed by atoms with van der Waals surface area (Å²) in [5, 5.41) is 14.7. The smallest absolute Gasteiger partial charge is 0.233 e. The Morgan fingerprint density at radius 1 is 1.50 bits per heavy atom. The average Bonchev–Trinajstić information content (AvgIpc) is 2.45. The van der Waals surface area contributed by atoms with Gasteiger partial charge in [0.05, 0.1) is 0 Å². The van der Waals surface area contributed by atoms with Gasteiger partial charge in [-0.15, -0.1) is 0 Å². The summed E-state index contributed by atoms with van der Waals surface area (Å²) in [7, 11) is 0. The van der Waals surface area contributed by atoms with E-state index in [0.29, 0.717) is 13.0 Å². The zero-order chi connectivity index (χ0) is 15.2. The van der Waals surface area contributed by atoms with Crippen molar-refractivity contribution in [3.63, 3.8) is 0 Å². The van der Waals surface area contributed by atoms with Crippen LogP contribution in [0.15, 0.2) is 5.16 Å². The van der Waals surface area contributed by atoms with Crippen LogP contribution in [0.1, 0.15) is 59.3 Å². The Bertz CT molecular complexity index is 357. The molecule has 5 heteroatoms. The second kappa shape index (κ2) is 7.50. The van der Waals surface area contributed by atoms with Crippen molar-refractivity contribution in [1.29, 1.82) is 0 Å². The lowest BCUT2D eigenvalue weighted by Crippen LogP contribution is -2.48. The van der Waals surface area contributed by atoms with Crippen LogP contribution < -0.4 is 11.1 Å². The highest BCUT2D eigenvalue weighted by Gasteiger charge is 2.36. The Balaban J connectivity index is 2.42. The van der Waals surface area contributed by atoms with E-state index in [4.69, 9.17) is 10.9 Å². The second-order valence-corrected chi connectivity index (χ2v) is 6.35. The second-order valence-electron chi connectivity index (χ2n) is 6.35. The Hall–Kier alpha value is -1.26. The zero-order valence-electron chi connectivity index (χ0n) is 13.0. The molecule has 3 atom stereocenters. The van der Waals surface area contributed by atoms with Crippen LogP contribution in [0.25, 0.3) is 0 Å². The number of nitrogens with two attached hydrogens (primary N) is 1. The number of oxime groups is 1. The molecule has 1 saturated carbocycles. The number of nitrogens with one attached hydrogen (secondary N) is 1. The summed E-state index contributed by atoms with van der Waals surface area (Å²) in [6, 6.07) is 0. The van der Waals surface area contributed by atoms with Gasteiger partial charge in [-0.1, -0.05) is 38.3 Å². The first-order valence-electron chi connectivity index (χ1n) is 7.70. The van der Waals surface area contributed by atoms with Gasteiger partial charge in [0.15, 0.2) is 5.84 Å². The van der Waals surface area contributed by atoms with Crippen molar-refractivity contribution in [2.24, 2.45) is 28.1 Å². The fourth-order valence-electron chi connectivity index (χ4n) is 2.98. The maximum Gasteiger partial charge on any atom is 0.233 e. The summed E-state index contributed by atoms with van der Waals surface area (Å²) in [6.07, 6.45) is 6.70. The lowest BCUT2D eigenvalue weighted by Gasteiger charge is -2.28. The van der Waals surface area contributed by atoms with E-state index < -0.39 is 5.41 Å².